The molecule has 2 aromatic rings. The summed E-state index contributed by atoms with van der Waals surface area (Å²) in [6, 6.07) is 4.17. The summed E-state index contributed by atoms with van der Waals surface area (Å²) >= 11 is 17.9. The van der Waals surface area contributed by atoms with E-state index in [1.165, 1.54) is 12.1 Å². The predicted molar refractivity (Wildman–Crippen MR) is 70.0 cm³/mol. The van der Waals surface area contributed by atoms with E-state index in [2.05, 4.69) is 4.98 Å². The van der Waals surface area contributed by atoms with Crippen LogP contribution in [0.2, 0.25) is 15.1 Å². The van der Waals surface area contributed by atoms with Gasteiger partial charge in [-0.3, -0.25) is 4.79 Å². The lowest BCUT2D eigenvalue weighted by Crippen LogP contribution is -1.95. The zero-order valence-electron chi connectivity index (χ0n) is 8.75. The summed E-state index contributed by atoms with van der Waals surface area (Å²) in [6.07, 6.45) is 1.45. The molecule has 0 bridgehead atoms. The first-order valence-corrected chi connectivity index (χ1v) is 5.92. The van der Waals surface area contributed by atoms with Gasteiger partial charge in [0.2, 0.25) is 0 Å². The Bertz CT molecular complexity index is 631. The average molecular weight is 305 g/mol. The van der Waals surface area contributed by atoms with E-state index in [1.807, 2.05) is 0 Å². The van der Waals surface area contributed by atoms with Crippen molar-refractivity contribution in [1.29, 1.82) is 0 Å². The number of nitrogens with zero attached hydrogens (tertiary/aromatic N) is 1. The van der Waals surface area contributed by atoms with Crippen molar-refractivity contribution in [2.24, 2.45) is 0 Å². The maximum absolute atomic E-state index is 13.2. The molecular weight excluding hydrogens is 299 g/mol. The van der Waals surface area contributed by atoms with Crippen LogP contribution in [0.4, 0.5) is 4.39 Å². The van der Waals surface area contributed by atoms with Crippen LogP contribution in [0.15, 0.2) is 24.4 Å². The molecule has 1 heterocycles. The van der Waals surface area contributed by atoms with Gasteiger partial charge in [0.15, 0.2) is 6.29 Å². The van der Waals surface area contributed by atoms with Crippen LogP contribution in [0.25, 0.3) is 11.1 Å². The Labute approximate surface area is 117 Å². The molecule has 1 aromatic heterocycles. The number of benzene rings is 1. The molecule has 0 aliphatic rings. The number of hydrogen-bond acceptors (Lipinski definition) is 2. The number of pyridine rings is 1. The first-order chi connectivity index (χ1) is 8.54. The van der Waals surface area contributed by atoms with Gasteiger partial charge >= 0.3 is 0 Å². The summed E-state index contributed by atoms with van der Waals surface area (Å²) in [5.41, 5.74) is 0.546. The average Bonchev–Trinajstić information content (AvgIpc) is 2.35. The number of carbonyl (C=O) groups excluding carboxylic acids is 1. The number of hydrogen-bond donors (Lipinski definition) is 0. The summed E-state index contributed by atoms with van der Waals surface area (Å²) < 4.78 is 13.2. The molecule has 0 saturated carbocycles. The molecule has 0 N–H and O–H groups in total. The second-order valence-corrected chi connectivity index (χ2v) is 4.61. The van der Waals surface area contributed by atoms with Crippen molar-refractivity contribution in [3.8, 4) is 11.1 Å². The molecule has 0 aliphatic carbocycles. The van der Waals surface area contributed by atoms with Crippen molar-refractivity contribution in [1.82, 2.24) is 4.98 Å². The van der Waals surface area contributed by atoms with Crippen LogP contribution in [-0.4, -0.2) is 11.3 Å². The highest BCUT2D eigenvalue weighted by Crippen LogP contribution is 2.39. The molecule has 18 heavy (non-hydrogen) atoms. The molecule has 0 aliphatic heterocycles. The molecule has 92 valence electrons. The highest BCUT2D eigenvalue weighted by atomic mass is 35.5. The SMILES string of the molecule is O=Cc1ncc(F)cc1-c1c(Cl)ccc(Cl)c1Cl. The predicted octanol–water partition coefficient (Wildman–Crippen LogP) is 4.66. The van der Waals surface area contributed by atoms with E-state index in [4.69, 9.17) is 34.8 Å². The maximum Gasteiger partial charge on any atom is 0.169 e. The molecule has 0 saturated heterocycles. The molecule has 0 spiro atoms. The second kappa shape index (κ2) is 5.22. The summed E-state index contributed by atoms with van der Waals surface area (Å²) in [5, 5.41) is 0.678. The van der Waals surface area contributed by atoms with E-state index < -0.39 is 5.82 Å². The fourth-order valence-corrected chi connectivity index (χ4v) is 2.25. The van der Waals surface area contributed by atoms with E-state index in [-0.39, 0.29) is 26.3 Å². The Kier molecular flexibility index (Phi) is 3.85. The topological polar surface area (TPSA) is 30.0 Å². The Balaban J connectivity index is 2.80. The summed E-state index contributed by atoms with van der Waals surface area (Å²) in [7, 11) is 0. The maximum atomic E-state index is 13.2. The summed E-state index contributed by atoms with van der Waals surface area (Å²) in [5.74, 6) is -0.595. The summed E-state index contributed by atoms with van der Waals surface area (Å²) in [6.45, 7) is 0. The Morgan fingerprint density at radius 2 is 1.83 bits per heavy atom. The monoisotopic (exact) mass is 303 g/mol. The van der Waals surface area contributed by atoms with Gasteiger partial charge in [-0.15, -0.1) is 0 Å². The minimum Gasteiger partial charge on any atom is -0.296 e. The molecule has 1 aromatic carbocycles. The van der Waals surface area contributed by atoms with Crippen molar-refractivity contribution in [3.05, 3.63) is 51.0 Å². The van der Waals surface area contributed by atoms with Crippen LogP contribution in [0.5, 0.6) is 0 Å². The van der Waals surface area contributed by atoms with Gasteiger partial charge in [0, 0.05) is 11.1 Å². The highest BCUT2D eigenvalue weighted by molar-refractivity contribution is 6.46. The minimum atomic E-state index is -0.595. The van der Waals surface area contributed by atoms with Gasteiger partial charge in [0.25, 0.3) is 0 Å². The van der Waals surface area contributed by atoms with Crippen LogP contribution < -0.4 is 0 Å². The second-order valence-electron chi connectivity index (χ2n) is 3.42. The molecular formula is C12H5Cl3FNO. The van der Waals surface area contributed by atoms with Gasteiger partial charge < -0.3 is 0 Å². The van der Waals surface area contributed by atoms with Crippen molar-refractivity contribution in [3.63, 3.8) is 0 Å². The first kappa shape index (κ1) is 13.3. The van der Waals surface area contributed by atoms with Crippen molar-refractivity contribution in [2.75, 3.05) is 0 Å². The van der Waals surface area contributed by atoms with Gasteiger partial charge in [-0.1, -0.05) is 34.8 Å². The Morgan fingerprint density at radius 3 is 2.50 bits per heavy atom. The molecule has 6 heteroatoms. The standard InChI is InChI=1S/C12H5Cl3FNO/c13-8-1-2-9(14)12(15)11(8)7-3-6(16)4-17-10(7)5-18/h1-5H. The fraction of sp³-hybridized carbons (Fsp3) is 0. The van der Waals surface area contributed by atoms with Gasteiger partial charge in [0.1, 0.15) is 11.5 Å². The van der Waals surface area contributed by atoms with Gasteiger partial charge in [0.05, 0.1) is 21.3 Å². The molecule has 0 amide bonds. The number of aldehydes is 1. The number of halogens is 4. The minimum absolute atomic E-state index is 0.0440. The number of carbonyl (C=O) groups is 1. The molecule has 0 atom stereocenters. The lowest BCUT2D eigenvalue weighted by atomic mass is 10.0. The zero-order valence-corrected chi connectivity index (χ0v) is 11.0. The zero-order chi connectivity index (χ0) is 13.3. The molecule has 2 rings (SSSR count). The molecule has 0 unspecified atom stereocenters. The van der Waals surface area contributed by atoms with Crippen LogP contribution >= 0.6 is 34.8 Å². The fourth-order valence-electron chi connectivity index (χ4n) is 1.52. The third-order valence-electron chi connectivity index (χ3n) is 2.31. The first-order valence-electron chi connectivity index (χ1n) is 4.79. The summed E-state index contributed by atoms with van der Waals surface area (Å²) in [4.78, 5) is 14.6. The Morgan fingerprint density at radius 1 is 1.17 bits per heavy atom. The van der Waals surface area contributed by atoms with Crippen LogP contribution in [0, 0.1) is 5.82 Å². The smallest absolute Gasteiger partial charge is 0.169 e. The van der Waals surface area contributed by atoms with Crippen molar-refractivity contribution in [2.45, 2.75) is 0 Å². The largest absolute Gasteiger partial charge is 0.296 e. The number of rotatable bonds is 2. The molecule has 0 radical (unpaired) electrons. The van der Waals surface area contributed by atoms with Crippen molar-refractivity contribution >= 4 is 41.1 Å². The quantitative estimate of drug-likeness (QED) is 0.596. The lowest BCUT2D eigenvalue weighted by Gasteiger charge is -2.10. The van der Waals surface area contributed by atoms with Crippen LogP contribution in [0.1, 0.15) is 10.5 Å². The van der Waals surface area contributed by atoms with E-state index in [9.17, 15) is 9.18 Å². The Hall–Kier alpha value is -1.16. The van der Waals surface area contributed by atoms with Gasteiger partial charge in [-0.05, 0) is 18.2 Å². The van der Waals surface area contributed by atoms with Gasteiger partial charge in [-0.2, -0.15) is 0 Å². The van der Waals surface area contributed by atoms with Crippen LogP contribution in [-0.2, 0) is 0 Å². The lowest BCUT2D eigenvalue weighted by molar-refractivity contribution is 0.111. The van der Waals surface area contributed by atoms with Crippen LogP contribution in [0.3, 0.4) is 0 Å². The highest BCUT2D eigenvalue weighted by Gasteiger charge is 2.16. The van der Waals surface area contributed by atoms with E-state index in [1.54, 1.807) is 0 Å². The van der Waals surface area contributed by atoms with E-state index >= 15 is 0 Å². The normalized spacial score (nSPS) is 10.4. The van der Waals surface area contributed by atoms with E-state index in [0.29, 0.717) is 11.8 Å². The van der Waals surface area contributed by atoms with E-state index in [0.717, 1.165) is 12.3 Å². The van der Waals surface area contributed by atoms with Gasteiger partial charge in [-0.25, -0.2) is 9.37 Å². The molecule has 2 nitrogen and oxygen atoms in total. The third kappa shape index (κ3) is 2.34. The van der Waals surface area contributed by atoms with Crippen molar-refractivity contribution < 1.29 is 9.18 Å². The third-order valence-corrected chi connectivity index (χ3v) is 3.43. The number of aromatic nitrogens is 1. The molecule has 0 fully saturated rings.